The number of nitrogens with one attached hydrogen (secondary N) is 3. The van der Waals surface area contributed by atoms with Crippen LogP contribution in [-0.4, -0.2) is 58.9 Å². The van der Waals surface area contributed by atoms with Crippen LogP contribution in [0.1, 0.15) is 12.7 Å². The number of rotatable bonds is 8. The van der Waals surface area contributed by atoms with E-state index < -0.39 is 35.7 Å². The molecule has 174 valence electrons. The lowest BCUT2D eigenvalue weighted by Gasteiger charge is -2.43. The van der Waals surface area contributed by atoms with E-state index in [0.717, 1.165) is 12.3 Å². The number of allylic oxidation sites excluding steroid dienone is 1. The largest absolute Gasteiger partial charge is 0.368 e. The van der Waals surface area contributed by atoms with Gasteiger partial charge in [-0.1, -0.05) is 18.9 Å². The highest BCUT2D eigenvalue weighted by molar-refractivity contribution is 7.96. The molecule has 1 saturated heterocycles. The highest BCUT2D eigenvalue weighted by Gasteiger charge is 2.49. The average molecular weight is 475 g/mol. The quantitative estimate of drug-likeness (QED) is 0.299. The highest BCUT2D eigenvalue weighted by Crippen LogP contribution is 2.40. The molecule has 3 rings (SSSR count). The lowest BCUT2D eigenvalue weighted by atomic mass is 9.85. The second-order valence-corrected chi connectivity index (χ2v) is 8.22. The standard InChI is InChI=1S/C20H23F5N6S/c1-11-9-31(10-12(6-29-32-2)20(11,24)25)17-5-15(27-7-13(17)21)16-8-28-18(30-16)4-3-14(26)19(22)23/h3-5,7-8,11-12,19,26,29H,6,9-10H2,1-2H3,(H,28,30)/b4-3-,26-14?. The summed E-state index contributed by atoms with van der Waals surface area (Å²) in [5.41, 5.74) is 0.0103. The predicted molar refractivity (Wildman–Crippen MR) is 116 cm³/mol. The van der Waals surface area contributed by atoms with Crippen molar-refractivity contribution < 1.29 is 22.0 Å². The molecule has 2 atom stereocenters. The summed E-state index contributed by atoms with van der Waals surface area (Å²) in [6.07, 6.45) is 3.42. The minimum absolute atomic E-state index is 0.0180. The van der Waals surface area contributed by atoms with E-state index in [1.165, 1.54) is 37.2 Å². The third kappa shape index (κ3) is 5.29. The van der Waals surface area contributed by atoms with Crippen molar-refractivity contribution in [2.24, 2.45) is 11.8 Å². The van der Waals surface area contributed by atoms with Crippen LogP contribution < -0.4 is 9.62 Å². The van der Waals surface area contributed by atoms with Gasteiger partial charge in [-0.25, -0.2) is 26.9 Å². The number of aromatic amines is 1. The van der Waals surface area contributed by atoms with Gasteiger partial charge in [0.1, 0.15) is 5.82 Å². The van der Waals surface area contributed by atoms with E-state index in [-0.39, 0.29) is 31.1 Å². The third-order valence-electron chi connectivity index (χ3n) is 5.31. The van der Waals surface area contributed by atoms with Crippen molar-refractivity contribution in [2.75, 3.05) is 30.8 Å². The fraction of sp³-hybridized carbons (Fsp3) is 0.450. The van der Waals surface area contributed by atoms with Gasteiger partial charge in [-0.05, 0) is 24.5 Å². The van der Waals surface area contributed by atoms with Crippen molar-refractivity contribution in [3.8, 4) is 11.4 Å². The van der Waals surface area contributed by atoms with E-state index in [1.54, 1.807) is 11.2 Å². The summed E-state index contributed by atoms with van der Waals surface area (Å²) in [7, 11) is 0. The Kier molecular flexibility index (Phi) is 7.55. The first-order chi connectivity index (χ1) is 15.1. The molecule has 0 bridgehead atoms. The third-order valence-corrected chi connectivity index (χ3v) is 5.77. The topological polar surface area (TPSA) is 80.7 Å². The van der Waals surface area contributed by atoms with E-state index in [9.17, 15) is 22.0 Å². The number of pyridine rings is 1. The number of hydrogen-bond donors (Lipinski definition) is 3. The van der Waals surface area contributed by atoms with Crippen LogP contribution in [0.3, 0.4) is 0 Å². The lowest BCUT2D eigenvalue weighted by molar-refractivity contribution is -0.108. The smallest absolute Gasteiger partial charge is 0.279 e. The molecular weight excluding hydrogens is 451 g/mol. The number of alkyl halides is 4. The van der Waals surface area contributed by atoms with Gasteiger partial charge in [0.2, 0.25) is 0 Å². The van der Waals surface area contributed by atoms with E-state index in [1.807, 2.05) is 0 Å². The Labute approximate surface area is 186 Å². The molecule has 3 N–H and O–H groups in total. The van der Waals surface area contributed by atoms with E-state index in [0.29, 0.717) is 11.4 Å². The molecule has 2 aromatic heterocycles. The first-order valence-electron chi connectivity index (χ1n) is 9.77. The SMILES string of the molecule is CSNCC1CN(c2cc(-c3cnc(/C=C\C(=N)C(F)F)[nH]3)ncc2F)CC(C)C1(F)F. The predicted octanol–water partition coefficient (Wildman–Crippen LogP) is 4.48. The summed E-state index contributed by atoms with van der Waals surface area (Å²) in [5, 5.41) is 7.13. The van der Waals surface area contributed by atoms with Gasteiger partial charge in [-0.3, -0.25) is 15.1 Å². The van der Waals surface area contributed by atoms with Gasteiger partial charge in [0, 0.05) is 25.6 Å². The van der Waals surface area contributed by atoms with Crippen LogP contribution in [0.25, 0.3) is 17.5 Å². The number of halogens is 5. The van der Waals surface area contributed by atoms with Crippen LogP contribution in [0.4, 0.5) is 27.6 Å². The molecule has 1 aliphatic heterocycles. The zero-order valence-electron chi connectivity index (χ0n) is 17.4. The van der Waals surface area contributed by atoms with Gasteiger partial charge in [0.05, 0.1) is 41.1 Å². The van der Waals surface area contributed by atoms with E-state index in [4.69, 9.17) is 5.41 Å². The molecule has 12 heteroatoms. The van der Waals surface area contributed by atoms with Crippen LogP contribution in [0.15, 0.2) is 24.5 Å². The number of hydrogen-bond acceptors (Lipinski definition) is 6. The molecule has 2 aromatic rings. The lowest BCUT2D eigenvalue weighted by Crippen LogP contribution is -2.55. The number of anilines is 1. The van der Waals surface area contributed by atoms with E-state index in [2.05, 4.69) is 19.7 Å². The zero-order chi connectivity index (χ0) is 23.5. The van der Waals surface area contributed by atoms with Crippen molar-refractivity contribution in [1.29, 1.82) is 5.41 Å². The Bertz CT molecular complexity index is 979. The zero-order valence-corrected chi connectivity index (χ0v) is 18.2. The number of imidazole rings is 1. The Morgan fingerprint density at radius 3 is 2.81 bits per heavy atom. The van der Waals surface area contributed by atoms with Crippen LogP contribution in [0.2, 0.25) is 0 Å². The summed E-state index contributed by atoms with van der Waals surface area (Å²) in [6.45, 7) is 1.48. The number of nitrogens with zero attached hydrogens (tertiary/aromatic N) is 3. The second kappa shape index (κ2) is 9.99. The van der Waals surface area contributed by atoms with Gasteiger partial charge in [0.25, 0.3) is 12.3 Å². The first-order valence-corrected chi connectivity index (χ1v) is 11.0. The van der Waals surface area contributed by atoms with E-state index >= 15 is 0 Å². The molecule has 1 aliphatic rings. The molecule has 3 heterocycles. The van der Waals surface area contributed by atoms with Crippen LogP contribution in [0.5, 0.6) is 0 Å². The molecule has 0 saturated carbocycles. The highest BCUT2D eigenvalue weighted by atomic mass is 32.2. The van der Waals surface area contributed by atoms with Crippen molar-refractivity contribution in [3.63, 3.8) is 0 Å². The molecule has 2 unspecified atom stereocenters. The van der Waals surface area contributed by atoms with Gasteiger partial charge in [-0.15, -0.1) is 0 Å². The van der Waals surface area contributed by atoms with Gasteiger partial charge in [0.15, 0.2) is 5.82 Å². The van der Waals surface area contributed by atoms with Gasteiger partial charge in [-0.2, -0.15) is 0 Å². The molecule has 0 aliphatic carbocycles. The molecule has 0 radical (unpaired) electrons. The Balaban J connectivity index is 1.84. The Morgan fingerprint density at radius 2 is 2.12 bits per heavy atom. The van der Waals surface area contributed by atoms with Crippen molar-refractivity contribution >= 4 is 29.4 Å². The molecule has 0 spiro atoms. The number of aromatic nitrogens is 3. The van der Waals surface area contributed by atoms with Crippen LogP contribution >= 0.6 is 11.9 Å². The second-order valence-electron chi connectivity index (χ2n) is 7.52. The normalized spacial score (nSPS) is 20.9. The molecule has 0 amide bonds. The van der Waals surface area contributed by atoms with Gasteiger partial charge < -0.3 is 9.88 Å². The molecule has 6 nitrogen and oxygen atoms in total. The fourth-order valence-electron chi connectivity index (χ4n) is 3.51. The Morgan fingerprint density at radius 1 is 1.38 bits per heavy atom. The first kappa shape index (κ1) is 24.2. The number of H-pyrrole nitrogens is 1. The summed E-state index contributed by atoms with van der Waals surface area (Å²) >= 11 is 1.25. The summed E-state index contributed by atoms with van der Waals surface area (Å²) in [6, 6.07) is 1.45. The molecule has 0 aromatic carbocycles. The molecule has 32 heavy (non-hydrogen) atoms. The monoisotopic (exact) mass is 474 g/mol. The average Bonchev–Trinajstić information content (AvgIpc) is 3.22. The molecular formula is C20H23F5N6S. The Hall–Kier alpha value is -2.47. The van der Waals surface area contributed by atoms with Crippen LogP contribution in [-0.2, 0) is 0 Å². The summed E-state index contributed by atoms with van der Waals surface area (Å²) < 4.78 is 71.6. The van der Waals surface area contributed by atoms with Crippen molar-refractivity contribution in [2.45, 2.75) is 19.3 Å². The maximum atomic E-state index is 14.6. The summed E-state index contributed by atoms with van der Waals surface area (Å²) in [4.78, 5) is 12.5. The number of piperidine rings is 1. The minimum atomic E-state index is -2.89. The summed E-state index contributed by atoms with van der Waals surface area (Å²) in [5.74, 6) is -5.28. The van der Waals surface area contributed by atoms with Crippen molar-refractivity contribution in [3.05, 3.63) is 36.2 Å². The van der Waals surface area contributed by atoms with Crippen LogP contribution in [0, 0.1) is 23.1 Å². The fourth-order valence-corrected chi connectivity index (χ4v) is 3.88. The maximum Gasteiger partial charge on any atom is 0.279 e. The van der Waals surface area contributed by atoms with Crippen molar-refractivity contribution in [1.82, 2.24) is 19.7 Å². The molecule has 1 fully saturated rings. The maximum absolute atomic E-state index is 14.6. The van der Waals surface area contributed by atoms with Gasteiger partial charge >= 0.3 is 0 Å². The minimum Gasteiger partial charge on any atom is -0.368 e.